The average Bonchev–Trinajstić information content (AvgIpc) is 2.79. The summed E-state index contributed by atoms with van der Waals surface area (Å²) in [5.74, 6) is -0.438. The van der Waals surface area contributed by atoms with Crippen LogP contribution in [0, 0.1) is 23.0 Å². The van der Waals surface area contributed by atoms with Crippen molar-refractivity contribution in [3.63, 3.8) is 0 Å². The molecule has 2 aromatic rings. The molecule has 0 N–H and O–H groups in total. The largest absolute Gasteiger partial charge is 0.363 e. The second kappa shape index (κ2) is 7.08. The van der Waals surface area contributed by atoms with Crippen LogP contribution < -0.4 is 5.69 Å². The predicted octanol–water partition coefficient (Wildman–Crippen LogP) is 2.71. The summed E-state index contributed by atoms with van der Waals surface area (Å²) in [7, 11) is 0. The summed E-state index contributed by atoms with van der Waals surface area (Å²) in [6.07, 6.45) is 0. The third-order valence-electron chi connectivity index (χ3n) is 3.49. The van der Waals surface area contributed by atoms with E-state index in [1.165, 1.54) is 6.07 Å². The van der Waals surface area contributed by atoms with Gasteiger partial charge in [0.05, 0.1) is 18.0 Å². The zero-order valence-electron chi connectivity index (χ0n) is 12.8. The molecule has 1 unspecified atom stereocenters. The Morgan fingerprint density at radius 1 is 1.29 bits per heavy atom. The van der Waals surface area contributed by atoms with Gasteiger partial charge in [0.2, 0.25) is 0 Å². The summed E-state index contributed by atoms with van der Waals surface area (Å²) >= 11 is 17.4. The molecule has 0 saturated heterocycles. The Balaban J connectivity index is 2.19. The lowest BCUT2D eigenvalue weighted by Gasteiger charge is -2.18. The van der Waals surface area contributed by atoms with E-state index in [2.05, 4.69) is 10.4 Å². The zero-order valence-corrected chi connectivity index (χ0v) is 15.1. The lowest BCUT2D eigenvalue weighted by atomic mass is 10.1. The molecule has 0 fully saturated rings. The smallest absolute Gasteiger partial charge is 0.258 e. The van der Waals surface area contributed by atoms with Gasteiger partial charge in [0.15, 0.2) is 3.79 Å². The maximum absolute atomic E-state index is 12.3. The van der Waals surface area contributed by atoms with Crippen LogP contribution in [0.25, 0.3) is 0 Å². The standard InChI is InChI=1S/C13H14Cl3N5O3/c1-8-5-10(3-4-11(8)21(23)24)7-20-12(22)19(17-18-20)6-9(2)13(14,15)16/h3-5,9H,6-7H2,1-2H3. The van der Waals surface area contributed by atoms with Gasteiger partial charge in [-0.15, -0.1) is 0 Å². The summed E-state index contributed by atoms with van der Waals surface area (Å²) < 4.78 is 0.745. The first-order chi connectivity index (χ1) is 11.1. The molecular formula is C13H14Cl3N5O3. The molecule has 2 rings (SSSR count). The van der Waals surface area contributed by atoms with Gasteiger partial charge in [-0.2, -0.15) is 9.36 Å². The Morgan fingerprint density at radius 2 is 1.92 bits per heavy atom. The van der Waals surface area contributed by atoms with Gasteiger partial charge in [-0.1, -0.05) is 47.8 Å². The summed E-state index contributed by atoms with van der Waals surface area (Å²) in [6, 6.07) is 4.60. The molecule has 0 bridgehead atoms. The van der Waals surface area contributed by atoms with Crippen LogP contribution >= 0.6 is 34.8 Å². The second-order valence-corrected chi connectivity index (χ2v) is 7.79. The first-order valence-electron chi connectivity index (χ1n) is 6.91. The number of aryl methyl sites for hydroxylation is 1. The number of aromatic nitrogens is 4. The van der Waals surface area contributed by atoms with Crippen LogP contribution in [0.15, 0.2) is 23.0 Å². The van der Waals surface area contributed by atoms with Crippen LogP contribution in [0.2, 0.25) is 0 Å². The van der Waals surface area contributed by atoms with Crippen LogP contribution in [0.4, 0.5) is 5.69 Å². The fraction of sp³-hybridized carbons (Fsp3) is 0.462. The second-order valence-electron chi connectivity index (χ2n) is 5.42. The Bertz CT molecular complexity index is 812. The van der Waals surface area contributed by atoms with E-state index in [-0.39, 0.29) is 18.8 Å². The summed E-state index contributed by atoms with van der Waals surface area (Å²) in [5, 5.41) is 18.4. The lowest BCUT2D eigenvalue weighted by Crippen LogP contribution is -2.31. The number of alkyl halides is 3. The Morgan fingerprint density at radius 3 is 2.46 bits per heavy atom. The van der Waals surface area contributed by atoms with E-state index < -0.39 is 20.3 Å². The number of benzene rings is 1. The molecule has 0 amide bonds. The highest BCUT2D eigenvalue weighted by Crippen LogP contribution is 2.35. The lowest BCUT2D eigenvalue weighted by molar-refractivity contribution is -0.385. The minimum absolute atomic E-state index is 0.0197. The van der Waals surface area contributed by atoms with Crippen molar-refractivity contribution in [2.24, 2.45) is 5.92 Å². The maximum atomic E-state index is 12.3. The monoisotopic (exact) mass is 393 g/mol. The van der Waals surface area contributed by atoms with Crippen molar-refractivity contribution in [3.05, 3.63) is 49.9 Å². The molecule has 24 heavy (non-hydrogen) atoms. The molecule has 0 aliphatic rings. The molecule has 0 spiro atoms. The van der Waals surface area contributed by atoms with Crippen molar-refractivity contribution in [2.75, 3.05) is 0 Å². The molecule has 1 aromatic carbocycles. The zero-order chi connectivity index (χ0) is 18.1. The van der Waals surface area contributed by atoms with Gasteiger partial charge < -0.3 is 0 Å². The molecular weight excluding hydrogens is 381 g/mol. The number of nitro groups is 1. The first kappa shape index (κ1) is 18.7. The summed E-state index contributed by atoms with van der Waals surface area (Å²) in [4.78, 5) is 22.6. The van der Waals surface area contributed by atoms with Gasteiger partial charge in [-0.3, -0.25) is 10.1 Å². The van der Waals surface area contributed by atoms with Gasteiger partial charge in [0, 0.05) is 17.5 Å². The highest BCUT2D eigenvalue weighted by molar-refractivity contribution is 6.67. The number of hydrogen-bond donors (Lipinski definition) is 0. The third kappa shape index (κ3) is 4.25. The summed E-state index contributed by atoms with van der Waals surface area (Å²) in [6.45, 7) is 3.55. The van der Waals surface area contributed by atoms with E-state index in [9.17, 15) is 14.9 Å². The molecule has 1 atom stereocenters. The topological polar surface area (TPSA) is 95.8 Å². The molecule has 0 aliphatic heterocycles. The van der Waals surface area contributed by atoms with Gasteiger partial charge in [-0.25, -0.2) is 4.79 Å². The molecule has 1 aromatic heterocycles. The molecule has 1 heterocycles. The molecule has 130 valence electrons. The van der Waals surface area contributed by atoms with Crippen LogP contribution in [0.3, 0.4) is 0 Å². The predicted molar refractivity (Wildman–Crippen MR) is 90.7 cm³/mol. The van der Waals surface area contributed by atoms with Crippen molar-refractivity contribution in [2.45, 2.75) is 30.7 Å². The van der Waals surface area contributed by atoms with E-state index in [1.807, 2.05) is 0 Å². The average molecular weight is 395 g/mol. The number of rotatable bonds is 5. The van der Waals surface area contributed by atoms with Crippen molar-refractivity contribution >= 4 is 40.5 Å². The van der Waals surface area contributed by atoms with Gasteiger partial charge in [0.1, 0.15) is 0 Å². The van der Waals surface area contributed by atoms with Crippen molar-refractivity contribution < 1.29 is 4.92 Å². The number of nitrogens with zero attached hydrogens (tertiary/aromatic N) is 5. The highest BCUT2D eigenvalue weighted by atomic mass is 35.6. The molecule has 0 saturated carbocycles. The quantitative estimate of drug-likeness (QED) is 0.441. The van der Waals surface area contributed by atoms with E-state index in [0.29, 0.717) is 11.1 Å². The first-order valence-corrected chi connectivity index (χ1v) is 8.04. The minimum atomic E-state index is -1.52. The van der Waals surface area contributed by atoms with E-state index in [4.69, 9.17) is 34.8 Å². The molecule has 11 heteroatoms. The number of halogens is 3. The Labute approximate surface area is 152 Å². The SMILES string of the molecule is Cc1cc(Cn2nnn(CC(C)C(Cl)(Cl)Cl)c2=O)ccc1[N+](=O)[O-]. The normalized spacial score (nSPS) is 13.0. The molecule has 0 aliphatic carbocycles. The van der Waals surface area contributed by atoms with Gasteiger partial charge in [-0.05, 0) is 29.0 Å². The third-order valence-corrected chi connectivity index (χ3v) is 4.61. The minimum Gasteiger partial charge on any atom is -0.258 e. The van der Waals surface area contributed by atoms with Crippen LogP contribution in [-0.2, 0) is 13.1 Å². The van der Waals surface area contributed by atoms with Crippen LogP contribution in [0.5, 0.6) is 0 Å². The Hall–Kier alpha value is -1.64. The van der Waals surface area contributed by atoms with Crippen molar-refractivity contribution in [1.29, 1.82) is 0 Å². The Kier molecular flexibility index (Phi) is 5.52. The maximum Gasteiger partial charge on any atom is 0.363 e. The number of tetrazole rings is 1. The van der Waals surface area contributed by atoms with E-state index in [1.54, 1.807) is 26.0 Å². The van der Waals surface area contributed by atoms with Crippen molar-refractivity contribution in [3.8, 4) is 0 Å². The van der Waals surface area contributed by atoms with Gasteiger partial charge >= 0.3 is 5.69 Å². The van der Waals surface area contributed by atoms with E-state index in [0.717, 1.165) is 9.36 Å². The fourth-order valence-electron chi connectivity index (χ4n) is 2.08. The van der Waals surface area contributed by atoms with Crippen LogP contribution in [0.1, 0.15) is 18.1 Å². The number of hydrogen-bond acceptors (Lipinski definition) is 5. The molecule has 0 radical (unpaired) electrons. The van der Waals surface area contributed by atoms with E-state index >= 15 is 0 Å². The fourth-order valence-corrected chi connectivity index (χ4v) is 2.28. The van der Waals surface area contributed by atoms with Gasteiger partial charge in [0.25, 0.3) is 5.69 Å². The molecule has 8 nitrogen and oxygen atoms in total. The van der Waals surface area contributed by atoms with Crippen molar-refractivity contribution in [1.82, 2.24) is 19.8 Å². The summed E-state index contributed by atoms with van der Waals surface area (Å²) in [5.41, 5.74) is 0.766. The highest BCUT2D eigenvalue weighted by Gasteiger charge is 2.30. The van der Waals surface area contributed by atoms with Crippen LogP contribution in [-0.4, -0.2) is 28.5 Å². The number of nitro benzene ring substituents is 1.